The van der Waals surface area contributed by atoms with Gasteiger partial charge in [-0.25, -0.2) is 8.42 Å². The van der Waals surface area contributed by atoms with Crippen molar-refractivity contribution in [3.63, 3.8) is 0 Å². The minimum atomic E-state index is -3.77. The molecule has 120 valence electrons. The van der Waals surface area contributed by atoms with Crippen molar-refractivity contribution in [2.24, 2.45) is 5.73 Å². The SMILES string of the molecule is Cl.NCC1CCCCN1S(=O)(=O)c1c(Cl)cc(Cl)cc1Cl. The van der Waals surface area contributed by atoms with Gasteiger partial charge in [0.1, 0.15) is 4.90 Å². The average molecular weight is 394 g/mol. The van der Waals surface area contributed by atoms with Crippen molar-refractivity contribution in [1.29, 1.82) is 0 Å². The number of halogens is 4. The fourth-order valence-electron chi connectivity index (χ4n) is 2.42. The molecule has 0 radical (unpaired) electrons. The van der Waals surface area contributed by atoms with Crippen molar-refractivity contribution >= 4 is 57.2 Å². The fraction of sp³-hybridized carbons (Fsp3) is 0.500. The lowest BCUT2D eigenvalue weighted by Crippen LogP contribution is -2.47. The molecule has 4 nitrogen and oxygen atoms in total. The maximum absolute atomic E-state index is 12.8. The molecule has 0 bridgehead atoms. The largest absolute Gasteiger partial charge is 0.329 e. The summed E-state index contributed by atoms with van der Waals surface area (Å²) in [5.74, 6) is 0. The summed E-state index contributed by atoms with van der Waals surface area (Å²) in [5, 5.41) is 0.362. The second-order valence-electron chi connectivity index (χ2n) is 4.70. The fourth-order valence-corrected chi connectivity index (χ4v) is 5.62. The third-order valence-electron chi connectivity index (χ3n) is 3.37. The summed E-state index contributed by atoms with van der Waals surface area (Å²) in [6.07, 6.45) is 2.52. The predicted octanol–water partition coefficient (Wildman–Crippen LogP) is 3.57. The number of rotatable bonds is 3. The van der Waals surface area contributed by atoms with Crippen molar-refractivity contribution < 1.29 is 8.42 Å². The lowest BCUT2D eigenvalue weighted by atomic mass is 10.1. The summed E-state index contributed by atoms with van der Waals surface area (Å²) < 4.78 is 26.9. The van der Waals surface area contributed by atoms with E-state index in [1.54, 1.807) is 0 Å². The first-order valence-corrected chi connectivity index (χ1v) is 8.81. The molecule has 1 unspecified atom stereocenters. The van der Waals surface area contributed by atoms with Gasteiger partial charge in [-0.2, -0.15) is 4.31 Å². The highest BCUT2D eigenvalue weighted by Crippen LogP contribution is 2.36. The second kappa shape index (κ2) is 7.68. The van der Waals surface area contributed by atoms with Gasteiger partial charge in [0.25, 0.3) is 0 Å². The number of benzene rings is 1. The molecule has 0 saturated carbocycles. The topological polar surface area (TPSA) is 63.4 Å². The van der Waals surface area contributed by atoms with E-state index < -0.39 is 10.0 Å². The van der Waals surface area contributed by atoms with Crippen LogP contribution in [0.5, 0.6) is 0 Å². The quantitative estimate of drug-likeness (QED) is 0.853. The van der Waals surface area contributed by atoms with E-state index in [4.69, 9.17) is 40.5 Å². The van der Waals surface area contributed by atoms with Crippen LogP contribution in [0.2, 0.25) is 15.1 Å². The predicted molar refractivity (Wildman–Crippen MR) is 89.3 cm³/mol. The number of nitrogens with zero attached hydrogens (tertiary/aromatic N) is 1. The van der Waals surface area contributed by atoms with Crippen LogP contribution in [0, 0.1) is 0 Å². The van der Waals surface area contributed by atoms with Crippen molar-refractivity contribution in [2.45, 2.75) is 30.2 Å². The Morgan fingerprint density at radius 2 is 1.76 bits per heavy atom. The molecule has 0 aliphatic carbocycles. The molecule has 9 heteroatoms. The third kappa shape index (κ3) is 3.96. The number of piperidine rings is 1. The zero-order chi connectivity index (χ0) is 14.9. The maximum atomic E-state index is 12.8. The minimum absolute atomic E-state index is 0. The normalized spacial score (nSPS) is 20.1. The van der Waals surface area contributed by atoms with Gasteiger partial charge < -0.3 is 5.73 Å². The molecule has 1 fully saturated rings. The first-order chi connectivity index (χ1) is 9.37. The Labute approximate surface area is 146 Å². The number of hydrogen-bond donors (Lipinski definition) is 1. The van der Waals surface area contributed by atoms with Crippen LogP contribution in [0.25, 0.3) is 0 Å². The van der Waals surface area contributed by atoms with E-state index in [9.17, 15) is 8.42 Å². The standard InChI is InChI=1S/C12H15Cl3N2O2S.ClH/c13-8-5-10(14)12(11(15)6-8)20(18,19)17-4-2-1-3-9(17)7-16;/h5-6,9H,1-4,7,16H2;1H. The molecule has 1 aromatic carbocycles. The number of hydrogen-bond acceptors (Lipinski definition) is 3. The molecule has 21 heavy (non-hydrogen) atoms. The first-order valence-electron chi connectivity index (χ1n) is 6.24. The van der Waals surface area contributed by atoms with Gasteiger partial charge in [0, 0.05) is 24.2 Å². The lowest BCUT2D eigenvalue weighted by Gasteiger charge is -2.34. The van der Waals surface area contributed by atoms with E-state index in [1.807, 2.05) is 0 Å². The van der Waals surface area contributed by atoms with E-state index in [1.165, 1.54) is 16.4 Å². The monoisotopic (exact) mass is 392 g/mol. The van der Waals surface area contributed by atoms with Crippen LogP contribution in [0.3, 0.4) is 0 Å². The van der Waals surface area contributed by atoms with Crippen LogP contribution >= 0.6 is 47.2 Å². The van der Waals surface area contributed by atoms with E-state index >= 15 is 0 Å². The van der Waals surface area contributed by atoms with Crippen molar-refractivity contribution in [3.05, 3.63) is 27.2 Å². The van der Waals surface area contributed by atoms with Crippen LogP contribution in [0.1, 0.15) is 19.3 Å². The lowest BCUT2D eigenvalue weighted by molar-refractivity contribution is 0.257. The summed E-state index contributed by atoms with van der Waals surface area (Å²) in [5.41, 5.74) is 5.68. The van der Waals surface area contributed by atoms with E-state index in [-0.39, 0.29) is 39.9 Å². The second-order valence-corrected chi connectivity index (χ2v) is 7.78. The smallest absolute Gasteiger partial charge is 0.246 e. The molecule has 1 aliphatic heterocycles. The van der Waals surface area contributed by atoms with Crippen LogP contribution in [0.4, 0.5) is 0 Å². The van der Waals surface area contributed by atoms with E-state index in [2.05, 4.69) is 0 Å². The molecule has 2 rings (SSSR count). The van der Waals surface area contributed by atoms with Gasteiger partial charge in [-0.1, -0.05) is 41.2 Å². The Bertz CT molecular complexity index is 586. The number of nitrogens with two attached hydrogens (primary N) is 1. The van der Waals surface area contributed by atoms with Gasteiger partial charge in [-0.3, -0.25) is 0 Å². The Morgan fingerprint density at radius 3 is 2.29 bits per heavy atom. The van der Waals surface area contributed by atoms with E-state index in [0.717, 1.165) is 19.3 Å². The zero-order valence-electron chi connectivity index (χ0n) is 11.1. The van der Waals surface area contributed by atoms with Gasteiger partial charge in [-0.05, 0) is 25.0 Å². The average Bonchev–Trinajstić information content (AvgIpc) is 2.37. The summed E-state index contributed by atoms with van der Waals surface area (Å²) >= 11 is 17.9. The molecular formula is C12H16Cl4N2O2S. The zero-order valence-corrected chi connectivity index (χ0v) is 15.0. The van der Waals surface area contributed by atoms with Gasteiger partial charge >= 0.3 is 0 Å². The highest BCUT2D eigenvalue weighted by molar-refractivity contribution is 7.89. The van der Waals surface area contributed by atoms with Gasteiger partial charge in [0.05, 0.1) is 10.0 Å². The maximum Gasteiger partial charge on any atom is 0.246 e. The highest BCUT2D eigenvalue weighted by Gasteiger charge is 2.35. The summed E-state index contributed by atoms with van der Waals surface area (Å²) in [4.78, 5) is -0.0921. The van der Waals surface area contributed by atoms with Crippen molar-refractivity contribution in [2.75, 3.05) is 13.1 Å². The van der Waals surface area contributed by atoms with Crippen LogP contribution in [0.15, 0.2) is 17.0 Å². The summed E-state index contributed by atoms with van der Waals surface area (Å²) in [6.45, 7) is 0.710. The summed E-state index contributed by atoms with van der Waals surface area (Å²) in [6, 6.07) is 2.54. The Hall–Kier alpha value is 0.250. The summed E-state index contributed by atoms with van der Waals surface area (Å²) in [7, 11) is -3.77. The molecule has 1 aromatic rings. The van der Waals surface area contributed by atoms with Crippen molar-refractivity contribution in [3.8, 4) is 0 Å². The highest BCUT2D eigenvalue weighted by atomic mass is 35.5. The Morgan fingerprint density at radius 1 is 1.19 bits per heavy atom. The molecule has 1 heterocycles. The molecule has 0 aromatic heterocycles. The first kappa shape index (κ1) is 19.3. The molecule has 1 saturated heterocycles. The number of sulfonamides is 1. The van der Waals surface area contributed by atoms with Crippen LogP contribution in [-0.4, -0.2) is 31.9 Å². The third-order valence-corrected chi connectivity index (χ3v) is 6.47. The molecule has 1 aliphatic rings. The van der Waals surface area contributed by atoms with Gasteiger partial charge in [0.15, 0.2) is 0 Å². The molecule has 2 N–H and O–H groups in total. The van der Waals surface area contributed by atoms with Crippen molar-refractivity contribution in [1.82, 2.24) is 4.31 Å². The van der Waals surface area contributed by atoms with Crippen LogP contribution in [-0.2, 0) is 10.0 Å². The molecule has 1 atom stereocenters. The molecule has 0 amide bonds. The van der Waals surface area contributed by atoms with Crippen LogP contribution < -0.4 is 5.73 Å². The molecular weight excluding hydrogens is 378 g/mol. The van der Waals surface area contributed by atoms with E-state index in [0.29, 0.717) is 11.6 Å². The van der Waals surface area contributed by atoms with Gasteiger partial charge in [0.2, 0.25) is 10.0 Å². The van der Waals surface area contributed by atoms with Gasteiger partial charge in [-0.15, -0.1) is 12.4 Å². The molecule has 0 spiro atoms. The minimum Gasteiger partial charge on any atom is -0.329 e. The Kier molecular flexibility index (Phi) is 7.06. The Balaban J connectivity index is 0.00000220.